The zero-order valence-corrected chi connectivity index (χ0v) is 9.47. The van der Waals surface area contributed by atoms with Crippen molar-refractivity contribution in [2.45, 2.75) is 0 Å². The van der Waals surface area contributed by atoms with E-state index in [0.29, 0.717) is 21.4 Å². The lowest BCUT2D eigenvalue weighted by Gasteiger charge is -2.08. The highest BCUT2D eigenvalue weighted by atomic mass is 35.5. The highest BCUT2D eigenvalue weighted by Crippen LogP contribution is 2.34. The van der Waals surface area contributed by atoms with Gasteiger partial charge in [-0.15, -0.1) is 0 Å². The normalized spacial score (nSPS) is 9.85. The van der Waals surface area contributed by atoms with Gasteiger partial charge >= 0.3 is 0 Å². The van der Waals surface area contributed by atoms with Gasteiger partial charge in [-0.2, -0.15) is 0 Å². The third-order valence-electron chi connectivity index (χ3n) is 1.51. The van der Waals surface area contributed by atoms with Crippen molar-refractivity contribution in [3.63, 3.8) is 0 Å². The number of ether oxygens (including phenoxy) is 1. The average Bonchev–Trinajstić information content (AvgIpc) is 2.07. The molecule has 1 aromatic carbocycles. The van der Waals surface area contributed by atoms with Crippen molar-refractivity contribution < 1.29 is 9.53 Å². The first-order valence-electron chi connectivity index (χ1n) is 3.39. The molecular formula is C8H7Cl2O2P. The van der Waals surface area contributed by atoms with E-state index in [1.807, 2.05) is 9.24 Å². The van der Waals surface area contributed by atoms with Crippen LogP contribution in [0.4, 0.5) is 0 Å². The molecule has 1 atom stereocenters. The molecule has 0 radical (unpaired) electrons. The van der Waals surface area contributed by atoms with Crippen LogP contribution in [0.5, 0.6) is 5.75 Å². The molecule has 0 amide bonds. The van der Waals surface area contributed by atoms with Gasteiger partial charge in [0.15, 0.2) is 5.52 Å². The molecule has 13 heavy (non-hydrogen) atoms. The van der Waals surface area contributed by atoms with Crippen molar-refractivity contribution >= 4 is 38.0 Å². The Balaban J connectivity index is 3.43. The van der Waals surface area contributed by atoms with Gasteiger partial charge in [0, 0.05) is 0 Å². The van der Waals surface area contributed by atoms with E-state index in [0.717, 1.165) is 0 Å². The quantitative estimate of drug-likeness (QED) is 0.739. The Labute approximate surface area is 88.4 Å². The van der Waals surface area contributed by atoms with Crippen molar-refractivity contribution in [3.05, 3.63) is 27.7 Å². The summed E-state index contributed by atoms with van der Waals surface area (Å²) in [6.45, 7) is 0. The minimum Gasteiger partial charge on any atom is -0.494 e. The smallest absolute Gasteiger partial charge is 0.183 e. The van der Waals surface area contributed by atoms with E-state index in [-0.39, 0.29) is 5.52 Å². The Bertz CT molecular complexity index is 352. The van der Waals surface area contributed by atoms with E-state index in [9.17, 15) is 4.79 Å². The molecule has 0 saturated carbocycles. The molecule has 1 unspecified atom stereocenters. The SMILES string of the molecule is COc1c(Cl)ccc(Cl)c1C(=O)P. The number of carbonyl (C=O) groups is 1. The molecule has 0 aromatic heterocycles. The zero-order valence-electron chi connectivity index (χ0n) is 6.80. The zero-order chi connectivity index (χ0) is 10.0. The number of hydrogen-bond acceptors (Lipinski definition) is 2. The Morgan fingerprint density at radius 2 is 1.92 bits per heavy atom. The fourth-order valence-corrected chi connectivity index (χ4v) is 1.82. The molecule has 1 aromatic rings. The Hall–Kier alpha value is -0.300. The molecule has 1 rings (SSSR count). The van der Waals surface area contributed by atoms with Gasteiger partial charge in [0.05, 0.1) is 22.7 Å². The van der Waals surface area contributed by atoms with Gasteiger partial charge < -0.3 is 4.74 Å². The van der Waals surface area contributed by atoms with E-state index in [1.165, 1.54) is 7.11 Å². The maximum absolute atomic E-state index is 11.1. The average molecular weight is 237 g/mol. The van der Waals surface area contributed by atoms with Gasteiger partial charge in [-0.1, -0.05) is 32.4 Å². The first-order chi connectivity index (χ1) is 6.07. The van der Waals surface area contributed by atoms with Crippen LogP contribution in [-0.4, -0.2) is 12.6 Å². The molecule has 0 bridgehead atoms. The maximum Gasteiger partial charge on any atom is 0.183 e. The number of halogens is 2. The lowest BCUT2D eigenvalue weighted by Crippen LogP contribution is -1.96. The third kappa shape index (κ3) is 2.14. The summed E-state index contributed by atoms with van der Waals surface area (Å²) < 4.78 is 4.97. The monoisotopic (exact) mass is 236 g/mol. The lowest BCUT2D eigenvalue weighted by molar-refractivity contribution is 0.108. The number of benzene rings is 1. The predicted molar refractivity (Wildman–Crippen MR) is 57.1 cm³/mol. The van der Waals surface area contributed by atoms with Crippen molar-refractivity contribution in [2.75, 3.05) is 7.11 Å². The summed E-state index contributed by atoms with van der Waals surface area (Å²) >= 11 is 11.6. The second-order valence-electron chi connectivity index (χ2n) is 2.30. The molecule has 0 aliphatic heterocycles. The fourth-order valence-electron chi connectivity index (χ4n) is 0.962. The van der Waals surface area contributed by atoms with E-state index >= 15 is 0 Å². The Morgan fingerprint density at radius 1 is 1.38 bits per heavy atom. The molecule has 0 spiro atoms. The molecule has 70 valence electrons. The first kappa shape index (κ1) is 10.8. The van der Waals surface area contributed by atoms with Crippen LogP contribution in [0.1, 0.15) is 10.4 Å². The van der Waals surface area contributed by atoms with Crippen molar-refractivity contribution in [1.29, 1.82) is 0 Å². The second kappa shape index (κ2) is 4.28. The van der Waals surface area contributed by atoms with Gasteiger partial charge in [0.1, 0.15) is 5.75 Å². The minimum absolute atomic E-state index is 0.246. The van der Waals surface area contributed by atoms with Crippen LogP contribution in [0.15, 0.2) is 12.1 Å². The van der Waals surface area contributed by atoms with E-state index in [2.05, 4.69) is 0 Å². The highest BCUT2D eigenvalue weighted by Gasteiger charge is 2.15. The molecule has 5 heteroatoms. The maximum atomic E-state index is 11.1. The Kier molecular flexibility index (Phi) is 3.55. The minimum atomic E-state index is -0.246. The van der Waals surface area contributed by atoms with Crippen LogP contribution in [0.25, 0.3) is 0 Å². The number of rotatable bonds is 2. The van der Waals surface area contributed by atoms with Gasteiger partial charge in [-0.05, 0) is 12.1 Å². The van der Waals surface area contributed by atoms with E-state index in [4.69, 9.17) is 27.9 Å². The van der Waals surface area contributed by atoms with Gasteiger partial charge in [0.2, 0.25) is 0 Å². The third-order valence-corrected chi connectivity index (χ3v) is 2.41. The fraction of sp³-hybridized carbons (Fsp3) is 0.125. The summed E-state index contributed by atoms with van der Waals surface area (Å²) in [6.07, 6.45) is 0. The topological polar surface area (TPSA) is 26.3 Å². The van der Waals surface area contributed by atoms with E-state index in [1.54, 1.807) is 12.1 Å². The molecular weight excluding hydrogens is 230 g/mol. The van der Waals surface area contributed by atoms with Crippen LogP contribution in [0, 0.1) is 0 Å². The summed E-state index contributed by atoms with van der Waals surface area (Å²) in [4.78, 5) is 11.1. The number of carbonyl (C=O) groups excluding carboxylic acids is 1. The standard InChI is InChI=1S/C8H7Cl2O2P/c1-12-7-5(10)3-2-4(9)6(7)8(11)13/h2-3H,13H2,1H3. The second-order valence-corrected chi connectivity index (χ2v) is 3.64. The highest BCUT2D eigenvalue weighted by molar-refractivity contribution is 7.41. The number of hydrogen-bond donors (Lipinski definition) is 0. The molecule has 0 fully saturated rings. The molecule has 2 nitrogen and oxygen atoms in total. The van der Waals surface area contributed by atoms with Crippen LogP contribution in [-0.2, 0) is 0 Å². The van der Waals surface area contributed by atoms with E-state index < -0.39 is 0 Å². The summed E-state index contributed by atoms with van der Waals surface area (Å²) in [7, 11) is 3.47. The van der Waals surface area contributed by atoms with Crippen LogP contribution < -0.4 is 4.74 Å². The van der Waals surface area contributed by atoms with Gasteiger partial charge in [-0.25, -0.2) is 0 Å². The summed E-state index contributed by atoms with van der Waals surface area (Å²) in [5.41, 5.74) is 0.0472. The van der Waals surface area contributed by atoms with Crippen molar-refractivity contribution in [2.24, 2.45) is 0 Å². The molecule has 0 N–H and O–H groups in total. The lowest BCUT2D eigenvalue weighted by atomic mass is 10.2. The molecule has 0 saturated heterocycles. The predicted octanol–water partition coefficient (Wildman–Crippen LogP) is 3.02. The van der Waals surface area contributed by atoms with Crippen molar-refractivity contribution in [3.8, 4) is 5.75 Å². The summed E-state index contributed by atoms with van der Waals surface area (Å²) in [6, 6.07) is 3.14. The Morgan fingerprint density at radius 3 is 2.31 bits per heavy atom. The van der Waals surface area contributed by atoms with Crippen LogP contribution in [0.2, 0.25) is 10.0 Å². The summed E-state index contributed by atoms with van der Waals surface area (Å²) in [5.74, 6) is 0.314. The van der Waals surface area contributed by atoms with Crippen molar-refractivity contribution in [1.82, 2.24) is 0 Å². The van der Waals surface area contributed by atoms with Gasteiger partial charge in [0.25, 0.3) is 0 Å². The van der Waals surface area contributed by atoms with Crippen LogP contribution in [0.3, 0.4) is 0 Å². The largest absolute Gasteiger partial charge is 0.494 e. The molecule has 0 aliphatic rings. The molecule has 0 heterocycles. The first-order valence-corrected chi connectivity index (χ1v) is 4.73. The number of methoxy groups -OCH3 is 1. The molecule has 0 aliphatic carbocycles. The summed E-state index contributed by atoms with van der Waals surface area (Å²) in [5, 5.41) is 0.707. The van der Waals surface area contributed by atoms with Gasteiger partial charge in [-0.3, -0.25) is 4.79 Å². The van der Waals surface area contributed by atoms with Crippen LogP contribution >= 0.6 is 32.4 Å².